The van der Waals surface area contributed by atoms with Crippen LogP contribution >= 0.6 is 0 Å². The van der Waals surface area contributed by atoms with Crippen LogP contribution in [0.1, 0.15) is 23.6 Å². The highest BCUT2D eigenvalue weighted by atomic mass is 16.3. The number of fused-ring (bicyclic) bond motifs is 1. The Balaban J connectivity index is 1.61. The van der Waals surface area contributed by atoms with Crippen LogP contribution in [0.2, 0.25) is 0 Å². The van der Waals surface area contributed by atoms with E-state index in [1.165, 1.54) is 6.92 Å². The first-order chi connectivity index (χ1) is 12.5. The zero-order valence-electron chi connectivity index (χ0n) is 14.7. The molecule has 0 saturated heterocycles. The van der Waals surface area contributed by atoms with Gasteiger partial charge >= 0.3 is 0 Å². The number of carbonyl (C=O) groups is 2. The molecule has 1 aliphatic carbocycles. The van der Waals surface area contributed by atoms with Crippen LogP contribution in [0.5, 0.6) is 0 Å². The maximum atomic E-state index is 12.5. The Bertz CT molecular complexity index is 860. The second-order valence-electron chi connectivity index (χ2n) is 6.48. The summed E-state index contributed by atoms with van der Waals surface area (Å²) in [6.07, 6.45) is 4.15. The molecule has 134 valence electrons. The molecule has 2 aromatic carbocycles. The Hall–Kier alpha value is -2.92. The molecule has 1 atom stereocenters. The molecule has 0 aliphatic heterocycles. The van der Waals surface area contributed by atoms with Gasteiger partial charge in [0, 0.05) is 25.6 Å². The van der Waals surface area contributed by atoms with Gasteiger partial charge in [0.25, 0.3) is 5.91 Å². The zero-order valence-corrected chi connectivity index (χ0v) is 14.7. The lowest BCUT2D eigenvalue weighted by Crippen LogP contribution is -2.48. The molecule has 0 spiro atoms. The molecule has 0 radical (unpaired) electrons. The average Bonchev–Trinajstić information content (AvgIpc) is 2.62. The van der Waals surface area contributed by atoms with Crippen molar-refractivity contribution in [2.45, 2.75) is 25.4 Å². The van der Waals surface area contributed by atoms with Gasteiger partial charge in [0.05, 0.1) is 0 Å². The normalized spacial score (nSPS) is 18.1. The third kappa shape index (κ3) is 4.00. The number of hydrogen-bond acceptors (Lipinski definition) is 3. The van der Waals surface area contributed by atoms with Crippen molar-refractivity contribution in [2.24, 2.45) is 0 Å². The third-order valence-electron chi connectivity index (χ3n) is 4.45. The van der Waals surface area contributed by atoms with Crippen LogP contribution < -0.4 is 10.6 Å². The maximum Gasteiger partial charge on any atom is 0.256 e. The van der Waals surface area contributed by atoms with E-state index in [1.54, 1.807) is 12.2 Å². The molecule has 3 rings (SSSR count). The van der Waals surface area contributed by atoms with E-state index in [0.717, 1.165) is 22.4 Å². The summed E-state index contributed by atoms with van der Waals surface area (Å²) in [7, 11) is 0. The Morgan fingerprint density at radius 1 is 1.12 bits per heavy atom. The smallest absolute Gasteiger partial charge is 0.256 e. The molecule has 1 aliphatic rings. The summed E-state index contributed by atoms with van der Waals surface area (Å²) >= 11 is 0. The molecular formula is C21H22N2O3. The summed E-state index contributed by atoms with van der Waals surface area (Å²) in [5.41, 5.74) is 2.10. The molecule has 1 unspecified atom stereocenters. The molecule has 0 aromatic heterocycles. The van der Waals surface area contributed by atoms with E-state index >= 15 is 0 Å². The van der Waals surface area contributed by atoms with Crippen molar-refractivity contribution in [3.63, 3.8) is 0 Å². The van der Waals surface area contributed by atoms with Gasteiger partial charge in [-0.1, -0.05) is 48.5 Å². The number of amides is 2. The van der Waals surface area contributed by atoms with E-state index in [-0.39, 0.29) is 12.3 Å². The molecular weight excluding hydrogens is 328 g/mol. The number of rotatable bonds is 5. The highest BCUT2D eigenvalue weighted by Crippen LogP contribution is 2.26. The summed E-state index contributed by atoms with van der Waals surface area (Å²) in [4.78, 5) is 23.8. The predicted octanol–water partition coefficient (Wildman–Crippen LogP) is 2.30. The van der Waals surface area contributed by atoms with Crippen LogP contribution in [-0.2, 0) is 22.4 Å². The highest BCUT2D eigenvalue weighted by Gasteiger charge is 2.35. The van der Waals surface area contributed by atoms with Gasteiger partial charge in [-0.15, -0.1) is 0 Å². The van der Waals surface area contributed by atoms with Crippen LogP contribution in [0.25, 0.3) is 6.08 Å². The van der Waals surface area contributed by atoms with Gasteiger partial charge in [-0.3, -0.25) is 9.59 Å². The summed E-state index contributed by atoms with van der Waals surface area (Å²) in [5.74, 6) is -0.554. The molecule has 26 heavy (non-hydrogen) atoms. The van der Waals surface area contributed by atoms with Crippen molar-refractivity contribution in [2.75, 3.05) is 11.9 Å². The Kier molecular flexibility index (Phi) is 5.19. The molecule has 0 bridgehead atoms. The number of para-hydroxylation sites is 1. The van der Waals surface area contributed by atoms with Crippen LogP contribution in [0.3, 0.4) is 0 Å². The molecule has 5 nitrogen and oxygen atoms in total. The van der Waals surface area contributed by atoms with Crippen molar-refractivity contribution >= 4 is 23.6 Å². The number of nitrogens with one attached hydrogen (secondary N) is 2. The Morgan fingerprint density at radius 3 is 2.65 bits per heavy atom. The monoisotopic (exact) mass is 350 g/mol. The van der Waals surface area contributed by atoms with Crippen LogP contribution in [-0.4, -0.2) is 29.1 Å². The number of carbonyl (C=O) groups excluding carboxylic acids is 2. The van der Waals surface area contributed by atoms with Crippen molar-refractivity contribution in [3.8, 4) is 0 Å². The van der Waals surface area contributed by atoms with Crippen LogP contribution in [0, 0.1) is 0 Å². The fourth-order valence-corrected chi connectivity index (χ4v) is 3.10. The molecule has 0 heterocycles. The van der Waals surface area contributed by atoms with Gasteiger partial charge in [-0.05, 0) is 35.3 Å². The van der Waals surface area contributed by atoms with Gasteiger partial charge in [0.2, 0.25) is 5.91 Å². The number of hydrogen-bond donors (Lipinski definition) is 3. The van der Waals surface area contributed by atoms with Gasteiger partial charge < -0.3 is 15.7 Å². The highest BCUT2D eigenvalue weighted by molar-refractivity contribution is 5.90. The molecule has 5 heteroatoms. The molecule has 0 saturated carbocycles. The first kappa shape index (κ1) is 17.9. The minimum absolute atomic E-state index is 0.137. The SMILES string of the molecule is CC(=O)Nc1ccccc1CCNC(=O)C1(O)C=Cc2ccccc2C1. The standard InChI is InChI=1S/C21H22N2O3/c1-15(24)23-19-9-5-4-7-17(19)11-13-22-20(25)21(26)12-10-16-6-2-3-8-18(16)14-21/h2-10,12,26H,11,13-14H2,1H3,(H,22,25)(H,23,24). The van der Waals surface area contributed by atoms with E-state index in [0.29, 0.717) is 13.0 Å². The fraction of sp³-hybridized carbons (Fsp3) is 0.238. The lowest BCUT2D eigenvalue weighted by Gasteiger charge is -2.27. The van der Waals surface area contributed by atoms with Gasteiger partial charge in [-0.25, -0.2) is 0 Å². The largest absolute Gasteiger partial charge is 0.376 e. The quantitative estimate of drug-likeness (QED) is 0.774. The van der Waals surface area contributed by atoms with E-state index in [1.807, 2.05) is 48.5 Å². The summed E-state index contributed by atoms with van der Waals surface area (Å²) in [5, 5.41) is 16.3. The predicted molar refractivity (Wildman–Crippen MR) is 102 cm³/mol. The second-order valence-corrected chi connectivity index (χ2v) is 6.48. The molecule has 0 fully saturated rings. The van der Waals surface area contributed by atoms with Crippen molar-refractivity contribution in [3.05, 3.63) is 71.3 Å². The van der Waals surface area contributed by atoms with Crippen LogP contribution in [0.15, 0.2) is 54.6 Å². The number of aliphatic hydroxyl groups is 1. The van der Waals surface area contributed by atoms with E-state index in [2.05, 4.69) is 10.6 Å². The lowest BCUT2D eigenvalue weighted by atomic mass is 9.85. The minimum atomic E-state index is -1.54. The second kappa shape index (κ2) is 7.54. The van der Waals surface area contributed by atoms with Gasteiger partial charge in [-0.2, -0.15) is 0 Å². The lowest BCUT2D eigenvalue weighted by molar-refractivity contribution is -0.135. The van der Waals surface area contributed by atoms with E-state index in [9.17, 15) is 14.7 Å². The first-order valence-electron chi connectivity index (χ1n) is 8.61. The Morgan fingerprint density at radius 2 is 1.85 bits per heavy atom. The minimum Gasteiger partial charge on any atom is -0.376 e. The number of anilines is 1. The summed E-state index contributed by atoms with van der Waals surface area (Å²) in [6, 6.07) is 15.2. The first-order valence-corrected chi connectivity index (χ1v) is 8.61. The van der Waals surface area contributed by atoms with Gasteiger partial charge in [0.1, 0.15) is 0 Å². The van der Waals surface area contributed by atoms with E-state index in [4.69, 9.17) is 0 Å². The third-order valence-corrected chi connectivity index (χ3v) is 4.45. The molecule has 3 N–H and O–H groups in total. The van der Waals surface area contributed by atoms with Gasteiger partial charge in [0.15, 0.2) is 5.60 Å². The average molecular weight is 350 g/mol. The zero-order chi connectivity index (χ0) is 18.6. The van der Waals surface area contributed by atoms with Crippen LogP contribution in [0.4, 0.5) is 5.69 Å². The van der Waals surface area contributed by atoms with E-state index < -0.39 is 11.5 Å². The van der Waals surface area contributed by atoms with Crippen molar-refractivity contribution < 1.29 is 14.7 Å². The topological polar surface area (TPSA) is 78.4 Å². The molecule has 2 amide bonds. The summed E-state index contributed by atoms with van der Waals surface area (Å²) < 4.78 is 0. The maximum absolute atomic E-state index is 12.5. The number of benzene rings is 2. The fourth-order valence-electron chi connectivity index (χ4n) is 3.10. The van der Waals surface area contributed by atoms with Crippen molar-refractivity contribution in [1.82, 2.24) is 5.32 Å². The van der Waals surface area contributed by atoms with Crippen molar-refractivity contribution in [1.29, 1.82) is 0 Å². The molecule has 2 aromatic rings. The Labute approximate surface area is 152 Å². The summed E-state index contributed by atoms with van der Waals surface area (Å²) in [6.45, 7) is 1.83.